The molecule has 2 heterocycles. The number of alkyl halides is 1. The van der Waals surface area contributed by atoms with E-state index in [9.17, 15) is 0 Å². The minimum Gasteiger partial charge on any atom is -0.308 e. The predicted molar refractivity (Wildman–Crippen MR) is 82.2 cm³/mol. The second-order valence-corrected chi connectivity index (χ2v) is 5.27. The van der Waals surface area contributed by atoms with Crippen molar-refractivity contribution < 1.29 is 0 Å². The monoisotopic (exact) mass is 285 g/mol. The molecule has 0 unspecified atom stereocenters. The van der Waals surface area contributed by atoms with Crippen LogP contribution < -0.4 is 0 Å². The molecule has 0 aliphatic carbocycles. The molecule has 0 radical (unpaired) electrons. The zero-order valence-corrected chi connectivity index (χ0v) is 12.1. The first-order chi connectivity index (χ1) is 9.78. The van der Waals surface area contributed by atoms with Gasteiger partial charge in [-0.3, -0.25) is 0 Å². The van der Waals surface area contributed by atoms with Crippen LogP contribution in [0.4, 0.5) is 0 Å². The van der Waals surface area contributed by atoms with Crippen LogP contribution in [0.1, 0.15) is 17.0 Å². The summed E-state index contributed by atoms with van der Waals surface area (Å²) in [5.74, 6) is 1.56. The minimum atomic E-state index is 0.567. The third-order valence-electron chi connectivity index (χ3n) is 3.30. The maximum Gasteiger partial charge on any atom is 0.160 e. The second-order valence-electron chi connectivity index (χ2n) is 4.89. The standard InChI is InChI=1S/C16H16ClN3/c1-12-9-14-16(18-10-12)20(15(19-14)7-8-17)11-13-5-3-2-4-6-13/h2-6,9-10H,7-8,11H2,1H3. The van der Waals surface area contributed by atoms with Gasteiger partial charge in [0.05, 0.1) is 6.54 Å². The van der Waals surface area contributed by atoms with Gasteiger partial charge in [0.1, 0.15) is 11.3 Å². The third-order valence-corrected chi connectivity index (χ3v) is 3.49. The van der Waals surface area contributed by atoms with Crippen molar-refractivity contribution in [3.63, 3.8) is 0 Å². The van der Waals surface area contributed by atoms with E-state index in [0.717, 1.165) is 35.5 Å². The van der Waals surface area contributed by atoms with Crippen LogP contribution in [0.15, 0.2) is 42.6 Å². The van der Waals surface area contributed by atoms with Crippen molar-refractivity contribution in [2.24, 2.45) is 0 Å². The number of pyridine rings is 1. The summed E-state index contributed by atoms with van der Waals surface area (Å²) in [6.07, 6.45) is 2.64. The van der Waals surface area contributed by atoms with Gasteiger partial charge in [-0.05, 0) is 24.1 Å². The number of imidazole rings is 1. The summed E-state index contributed by atoms with van der Waals surface area (Å²) in [6, 6.07) is 12.4. The van der Waals surface area contributed by atoms with Gasteiger partial charge in [-0.1, -0.05) is 30.3 Å². The molecule has 2 aromatic heterocycles. The topological polar surface area (TPSA) is 30.7 Å². The van der Waals surface area contributed by atoms with Gasteiger partial charge in [0, 0.05) is 18.5 Å². The summed E-state index contributed by atoms with van der Waals surface area (Å²) in [4.78, 5) is 9.21. The maximum atomic E-state index is 5.90. The largest absolute Gasteiger partial charge is 0.308 e. The fourth-order valence-electron chi connectivity index (χ4n) is 2.37. The van der Waals surface area contributed by atoms with E-state index in [-0.39, 0.29) is 0 Å². The van der Waals surface area contributed by atoms with Crippen molar-refractivity contribution in [2.75, 3.05) is 5.88 Å². The van der Waals surface area contributed by atoms with E-state index in [4.69, 9.17) is 11.6 Å². The second kappa shape index (κ2) is 5.63. The maximum absolute atomic E-state index is 5.90. The van der Waals surface area contributed by atoms with E-state index in [1.165, 1.54) is 5.56 Å². The van der Waals surface area contributed by atoms with E-state index >= 15 is 0 Å². The summed E-state index contributed by atoms with van der Waals surface area (Å²) >= 11 is 5.90. The molecule has 0 fully saturated rings. The van der Waals surface area contributed by atoms with Crippen molar-refractivity contribution in [1.29, 1.82) is 0 Å². The number of aromatic nitrogens is 3. The molecule has 0 atom stereocenters. The highest BCUT2D eigenvalue weighted by molar-refractivity contribution is 6.17. The average molecular weight is 286 g/mol. The van der Waals surface area contributed by atoms with Gasteiger partial charge in [-0.25, -0.2) is 9.97 Å². The highest BCUT2D eigenvalue weighted by Gasteiger charge is 2.12. The SMILES string of the molecule is Cc1cnc2c(c1)nc(CCCl)n2Cc1ccccc1. The minimum absolute atomic E-state index is 0.567. The van der Waals surface area contributed by atoms with Gasteiger partial charge in [0.2, 0.25) is 0 Å². The van der Waals surface area contributed by atoms with Crippen LogP contribution in [-0.2, 0) is 13.0 Å². The molecule has 3 rings (SSSR count). The number of fused-ring (bicyclic) bond motifs is 1. The zero-order valence-electron chi connectivity index (χ0n) is 11.4. The Labute approximate surface area is 123 Å². The number of halogens is 1. The Morgan fingerprint density at radius 2 is 2.00 bits per heavy atom. The molecule has 0 saturated carbocycles. The third kappa shape index (κ3) is 2.54. The molecule has 0 aliphatic rings. The summed E-state index contributed by atoms with van der Waals surface area (Å²) < 4.78 is 2.16. The molecule has 0 spiro atoms. The first kappa shape index (κ1) is 13.1. The first-order valence-electron chi connectivity index (χ1n) is 6.69. The van der Waals surface area contributed by atoms with E-state index < -0.39 is 0 Å². The molecule has 0 aliphatic heterocycles. The fourth-order valence-corrected chi connectivity index (χ4v) is 2.53. The molecular weight excluding hydrogens is 270 g/mol. The highest BCUT2D eigenvalue weighted by atomic mass is 35.5. The van der Waals surface area contributed by atoms with Crippen LogP contribution in [0.3, 0.4) is 0 Å². The Morgan fingerprint density at radius 1 is 1.20 bits per heavy atom. The van der Waals surface area contributed by atoms with Gasteiger partial charge in [-0.2, -0.15) is 0 Å². The summed E-state index contributed by atoms with van der Waals surface area (Å²) in [7, 11) is 0. The van der Waals surface area contributed by atoms with E-state index in [0.29, 0.717) is 5.88 Å². The van der Waals surface area contributed by atoms with Crippen molar-refractivity contribution in [3.05, 3.63) is 59.5 Å². The number of nitrogens with zero attached hydrogens (tertiary/aromatic N) is 3. The molecule has 0 N–H and O–H groups in total. The number of rotatable bonds is 4. The number of hydrogen-bond acceptors (Lipinski definition) is 2. The normalized spacial score (nSPS) is 11.1. The van der Waals surface area contributed by atoms with Crippen LogP contribution >= 0.6 is 11.6 Å². The summed E-state index contributed by atoms with van der Waals surface area (Å²) in [5, 5.41) is 0. The molecule has 102 valence electrons. The Kier molecular flexibility index (Phi) is 3.70. The molecule has 0 saturated heterocycles. The molecule has 4 heteroatoms. The molecule has 0 amide bonds. The quantitative estimate of drug-likeness (QED) is 0.686. The number of aryl methyl sites for hydroxylation is 2. The molecule has 3 aromatic rings. The van der Waals surface area contributed by atoms with Crippen LogP contribution in [-0.4, -0.2) is 20.4 Å². The Bertz CT molecular complexity index is 719. The Morgan fingerprint density at radius 3 is 2.75 bits per heavy atom. The van der Waals surface area contributed by atoms with E-state index in [1.807, 2.05) is 31.3 Å². The molecule has 3 nitrogen and oxygen atoms in total. The first-order valence-corrected chi connectivity index (χ1v) is 7.23. The van der Waals surface area contributed by atoms with Crippen LogP contribution in [0, 0.1) is 6.92 Å². The van der Waals surface area contributed by atoms with Gasteiger partial charge in [-0.15, -0.1) is 11.6 Å². The fraction of sp³-hybridized carbons (Fsp3) is 0.250. The summed E-state index contributed by atoms with van der Waals surface area (Å²) in [6.45, 7) is 2.81. The van der Waals surface area contributed by atoms with Gasteiger partial charge >= 0.3 is 0 Å². The predicted octanol–water partition coefficient (Wildman–Crippen LogP) is 3.57. The van der Waals surface area contributed by atoms with Crippen molar-refractivity contribution in [2.45, 2.75) is 19.9 Å². The lowest BCUT2D eigenvalue weighted by molar-refractivity contribution is 0.747. The molecule has 0 bridgehead atoms. The molecule has 1 aromatic carbocycles. The smallest absolute Gasteiger partial charge is 0.160 e. The van der Waals surface area contributed by atoms with Crippen LogP contribution in [0.25, 0.3) is 11.2 Å². The number of benzene rings is 1. The molecule has 20 heavy (non-hydrogen) atoms. The Balaban J connectivity index is 2.09. The highest BCUT2D eigenvalue weighted by Crippen LogP contribution is 2.18. The van der Waals surface area contributed by atoms with Crippen molar-refractivity contribution >= 4 is 22.8 Å². The van der Waals surface area contributed by atoms with Gasteiger partial charge in [0.25, 0.3) is 0 Å². The lowest BCUT2D eigenvalue weighted by Gasteiger charge is -2.08. The van der Waals surface area contributed by atoms with Crippen molar-refractivity contribution in [1.82, 2.24) is 14.5 Å². The average Bonchev–Trinajstić information content (AvgIpc) is 2.77. The van der Waals surface area contributed by atoms with Gasteiger partial charge in [0.15, 0.2) is 5.65 Å². The van der Waals surface area contributed by atoms with Gasteiger partial charge < -0.3 is 4.57 Å². The van der Waals surface area contributed by atoms with Crippen LogP contribution in [0.2, 0.25) is 0 Å². The Hall–Kier alpha value is -1.87. The van der Waals surface area contributed by atoms with Crippen LogP contribution in [0.5, 0.6) is 0 Å². The number of hydrogen-bond donors (Lipinski definition) is 0. The lowest BCUT2D eigenvalue weighted by Crippen LogP contribution is -2.06. The van der Waals surface area contributed by atoms with E-state index in [2.05, 4.69) is 32.7 Å². The van der Waals surface area contributed by atoms with Crippen molar-refractivity contribution in [3.8, 4) is 0 Å². The zero-order chi connectivity index (χ0) is 13.9. The molecular formula is C16H16ClN3. The van der Waals surface area contributed by atoms with E-state index in [1.54, 1.807) is 0 Å². The lowest BCUT2D eigenvalue weighted by atomic mass is 10.2. The summed E-state index contributed by atoms with van der Waals surface area (Å²) in [5.41, 5.74) is 4.24.